The smallest absolute Gasteiger partial charge is 0.339 e. The zero-order valence-electron chi connectivity index (χ0n) is 19.4. The van der Waals surface area contributed by atoms with Crippen molar-refractivity contribution in [2.24, 2.45) is 0 Å². The molecule has 1 N–H and O–H groups in total. The maximum absolute atomic E-state index is 13.4. The van der Waals surface area contributed by atoms with Gasteiger partial charge >= 0.3 is 10.1 Å². The Balaban J connectivity index is 1.51. The van der Waals surface area contributed by atoms with Crippen molar-refractivity contribution < 1.29 is 21.8 Å². The lowest BCUT2D eigenvalue weighted by molar-refractivity contribution is -0.112. The molecule has 0 radical (unpaired) electrons. The first-order valence-corrected chi connectivity index (χ1v) is 13.1. The topological polar surface area (TPSA) is 122 Å². The van der Waals surface area contributed by atoms with E-state index in [1.807, 2.05) is 13.0 Å². The Morgan fingerprint density at radius 3 is 2.59 bits per heavy atom. The maximum Gasteiger partial charge on any atom is 0.339 e. The molecule has 37 heavy (non-hydrogen) atoms. The maximum atomic E-state index is 13.4. The van der Waals surface area contributed by atoms with Gasteiger partial charge in [0, 0.05) is 12.0 Å². The average Bonchev–Trinajstić information content (AvgIpc) is 3.30. The second-order valence-electron chi connectivity index (χ2n) is 7.82. The van der Waals surface area contributed by atoms with Gasteiger partial charge in [0.25, 0.3) is 5.91 Å². The van der Waals surface area contributed by atoms with Gasteiger partial charge in [0.2, 0.25) is 5.13 Å². The summed E-state index contributed by atoms with van der Waals surface area (Å²) in [4.78, 5) is 12.7. The third-order valence-electron chi connectivity index (χ3n) is 5.02. The minimum absolute atomic E-state index is 0.0274. The first-order chi connectivity index (χ1) is 17.7. The van der Waals surface area contributed by atoms with Crippen LogP contribution in [0.5, 0.6) is 5.75 Å². The van der Waals surface area contributed by atoms with Crippen LogP contribution in [0.2, 0.25) is 0 Å². The summed E-state index contributed by atoms with van der Waals surface area (Å²) in [5.74, 6) is -1.17. The number of hydrogen-bond donors (Lipinski definition) is 1. The van der Waals surface area contributed by atoms with Gasteiger partial charge < -0.3 is 4.18 Å². The van der Waals surface area contributed by atoms with Crippen LogP contribution in [0, 0.1) is 24.1 Å². The van der Waals surface area contributed by atoms with Gasteiger partial charge in [-0.25, -0.2) is 4.39 Å². The molecule has 0 fully saturated rings. The number of amides is 1. The van der Waals surface area contributed by atoms with Crippen molar-refractivity contribution in [1.29, 1.82) is 5.26 Å². The van der Waals surface area contributed by atoms with Gasteiger partial charge in [0.15, 0.2) is 0 Å². The molecule has 0 aliphatic carbocycles. The Bertz CT molecular complexity index is 1620. The van der Waals surface area contributed by atoms with E-state index in [1.54, 1.807) is 36.4 Å². The SMILES string of the molecule is Cc1ccc(S(=O)(=O)Oc2ccccc2/C=C(\C#N)C(=O)Nc2nnc(Cc3cccc(F)c3)s2)cc1. The number of nitriles is 1. The lowest BCUT2D eigenvalue weighted by Crippen LogP contribution is -2.13. The molecule has 11 heteroatoms. The van der Waals surface area contributed by atoms with Crippen molar-refractivity contribution in [1.82, 2.24) is 10.2 Å². The summed E-state index contributed by atoms with van der Waals surface area (Å²) in [6.45, 7) is 1.83. The van der Waals surface area contributed by atoms with E-state index >= 15 is 0 Å². The van der Waals surface area contributed by atoms with Crippen LogP contribution in [-0.4, -0.2) is 24.5 Å². The normalized spacial score (nSPS) is 11.5. The molecule has 8 nitrogen and oxygen atoms in total. The number of halogens is 1. The number of aromatic nitrogens is 2. The average molecular weight is 535 g/mol. The second kappa shape index (κ2) is 11.1. The molecule has 4 rings (SSSR count). The Morgan fingerprint density at radius 2 is 1.86 bits per heavy atom. The van der Waals surface area contributed by atoms with Crippen LogP contribution in [0.3, 0.4) is 0 Å². The molecule has 186 valence electrons. The molecule has 0 spiro atoms. The highest BCUT2D eigenvalue weighted by Crippen LogP contribution is 2.26. The van der Waals surface area contributed by atoms with Crippen molar-refractivity contribution in [3.63, 3.8) is 0 Å². The number of carbonyl (C=O) groups is 1. The zero-order chi connectivity index (χ0) is 26.4. The summed E-state index contributed by atoms with van der Waals surface area (Å²) in [7, 11) is -4.14. The van der Waals surface area contributed by atoms with Gasteiger partial charge in [0.05, 0.1) is 0 Å². The van der Waals surface area contributed by atoms with E-state index in [1.165, 1.54) is 42.5 Å². The molecule has 0 atom stereocenters. The molecule has 0 aliphatic rings. The number of hydrogen-bond acceptors (Lipinski definition) is 8. The van der Waals surface area contributed by atoms with Gasteiger partial charge in [0.1, 0.15) is 33.1 Å². The summed E-state index contributed by atoms with van der Waals surface area (Å²) in [6.07, 6.45) is 1.55. The van der Waals surface area contributed by atoms with Crippen molar-refractivity contribution in [3.8, 4) is 11.8 Å². The van der Waals surface area contributed by atoms with Gasteiger partial charge in [-0.3, -0.25) is 10.1 Å². The van der Waals surface area contributed by atoms with Gasteiger partial charge in [-0.05, 0) is 48.9 Å². The number of benzene rings is 3. The predicted molar refractivity (Wildman–Crippen MR) is 137 cm³/mol. The molecular weight excluding hydrogens is 515 g/mol. The summed E-state index contributed by atoms with van der Waals surface area (Å²) < 4.78 is 44.2. The minimum Gasteiger partial charge on any atom is -0.378 e. The molecule has 0 unspecified atom stereocenters. The number of rotatable bonds is 8. The molecule has 1 amide bonds. The third kappa shape index (κ3) is 6.63. The van der Waals surface area contributed by atoms with Crippen LogP contribution in [0.1, 0.15) is 21.7 Å². The fourth-order valence-corrected chi connectivity index (χ4v) is 4.94. The van der Waals surface area contributed by atoms with Crippen LogP contribution in [0.25, 0.3) is 6.08 Å². The Hall–Kier alpha value is -4.40. The van der Waals surface area contributed by atoms with Crippen molar-refractivity contribution in [2.75, 3.05) is 5.32 Å². The molecule has 0 saturated heterocycles. The number of aryl methyl sites for hydroxylation is 1. The fraction of sp³-hybridized carbons (Fsp3) is 0.0769. The van der Waals surface area contributed by atoms with Crippen LogP contribution in [0.15, 0.2) is 83.3 Å². The predicted octanol–water partition coefficient (Wildman–Crippen LogP) is 4.89. The van der Waals surface area contributed by atoms with Crippen molar-refractivity contribution in [3.05, 3.63) is 106 Å². The first-order valence-electron chi connectivity index (χ1n) is 10.8. The van der Waals surface area contributed by atoms with E-state index in [9.17, 15) is 22.9 Å². The number of nitrogens with one attached hydrogen (secondary N) is 1. The molecule has 0 aliphatic heterocycles. The molecule has 4 aromatic rings. The molecule has 3 aromatic carbocycles. The van der Waals surface area contributed by atoms with Gasteiger partial charge in [-0.1, -0.05) is 59.4 Å². The summed E-state index contributed by atoms with van der Waals surface area (Å²) >= 11 is 1.09. The van der Waals surface area contributed by atoms with Crippen LogP contribution >= 0.6 is 11.3 Å². The molecular formula is C26H19FN4O4S2. The molecule has 1 heterocycles. The van der Waals surface area contributed by atoms with E-state index in [-0.39, 0.29) is 32.7 Å². The van der Waals surface area contributed by atoms with Crippen LogP contribution in [-0.2, 0) is 21.3 Å². The molecule has 0 saturated carbocycles. The fourth-order valence-electron chi connectivity index (χ4n) is 3.21. The third-order valence-corrected chi connectivity index (χ3v) is 7.11. The summed E-state index contributed by atoms with van der Waals surface area (Å²) in [6, 6.07) is 20.2. The highest BCUT2D eigenvalue weighted by Gasteiger charge is 2.19. The highest BCUT2D eigenvalue weighted by atomic mass is 32.2. The zero-order valence-corrected chi connectivity index (χ0v) is 21.0. The lowest BCUT2D eigenvalue weighted by Gasteiger charge is -2.10. The second-order valence-corrected chi connectivity index (χ2v) is 10.4. The summed E-state index contributed by atoms with van der Waals surface area (Å²) in [5, 5.41) is 20.7. The Labute approximate surface area is 216 Å². The van der Waals surface area contributed by atoms with E-state index in [4.69, 9.17) is 4.18 Å². The number of anilines is 1. The van der Waals surface area contributed by atoms with Gasteiger partial charge in [-0.15, -0.1) is 10.2 Å². The van der Waals surface area contributed by atoms with E-state index in [0.717, 1.165) is 16.9 Å². The van der Waals surface area contributed by atoms with Crippen molar-refractivity contribution in [2.45, 2.75) is 18.2 Å². The first kappa shape index (κ1) is 25.7. The number of carbonyl (C=O) groups excluding carboxylic acids is 1. The lowest BCUT2D eigenvalue weighted by atomic mass is 10.1. The largest absolute Gasteiger partial charge is 0.378 e. The summed E-state index contributed by atoms with van der Waals surface area (Å²) in [5.41, 5.74) is 1.51. The highest BCUT2D eigenvalue weighted by molar-refractivity contribution is 7.87. The molecule has 0 bridgehead atoms. The standard InChI is InChI=1S/C26H19FN4O4S2/c1-17-9-11-22(12-10-17)37(33,34)35-23-8-3-2-6-19(23)15-20(16-28)25(32)29-26-31-30-24(36-26)14-18-5-4-7-21(27)13-18/h2-13,15H,14H2,1H3,(H,29,31,32)/b20-15+. The van der Waals surface area contributed by atoms with Crippen LogP contribution < -0.4 is 9.50 Å². The molecule has 1 aromatic heterocycles. The minimum atomic E-state index is -4.14. The Kier molecular flexibility index (Phi) is 7.71. The van der Waals surface area contributed by atoms with E-state index in [0.29, 0.717) is 17.0 Å². The van der Waals surface area contributed by atoms with Crippen molar-refractivity contribution >= 4 is 38.6 Å². The number of nitrogens with zero attached hydrogens (tertiary/aromatic N) is 3. The number of para-hydroxylation sites is 1. The Morgan fingerprint density at radius 1 is 1.11 bits per heavy atom. The van der Waals surface area contributed by atoms with Crippen LogP contribution in [0.4, 0.5) is 9.52 Å². The quantitative estimate of drug-likeness (QED) is 0.194. The monoisotopic (exact) mass is 534 g/mol. The van der Waals surface area contributed by atoms with Gasteiger partial charge in [-0.2, -0.15) is 13.7 Å². The van der Waals surface area contributed by atoms with E-state index in [2.05, 4.69) is 15.5 Å². The van der Waals surface area contributed by atoms with E-state index < -0.39 is 16.0 Å².